The van der Waals surface area contributed by atoms with E-state index in [1.165, 1.54) is 0 Å². The van der Waals surface area contributed by atoms with Crippen LogP contribution in [0.3, 0.4) is 0 Å². The fraction of sp³-hybridized carbons (Fsp3) is 1.00. The van der Waals surface area contributed by atoms with E-state index in [1.807, 2.05) is 0 Å². The molecule has 1 saturated heterocycles. The molecule has 1 rings (SSSR count). The highest BCUT2D eigenvalue weighted by molar-refractivity contribution is 5.10. The molecule has 0 N–H and O–H groups in total. The van der Waals surface area contributed by atoms with Gasteiger partial charge in [0.2, 0.25) is 0 Å². The van der Waals surface area contributed by atoms with Gasteiger partial charge >= 0.3 is 36.5 Å². The van der Waals surface area contributed by atoms with Crippen molar-refractivity contribution in [3.05, 3.63) is 0 Å². The third kappa shape index (κ3) is 2.20. The molecule has 1 unspecified atom stereocenters. The Labute approximate surface area is 105 Å². The summed E-state index contributed by atoms with van der Waals surface area (Å²) in [5.74, 6) is -14.4. The average Bonchev–Trinajstić information content (AvgIpc) is 2.16. The van der Waals surface area contributed by atoms with Gasteiger partial charge in [-0.2, -0.15) is 52.7 Å². The first-order valence-corrected chi connectivity index (χ1v) is 4.29. The molecule has 0 aromatic carbocycles. The van der Waals surface area contributed by atoms with Gasteiger partial charge in [0.15, 0.2) is 0 Å². The molecule has 2 nitrogen and oxygen atoms in total. The van der Waals surface area contributed by atoms with Crippen LogP contribution in [0, 0.1) is 0 Å². The van der Waals surface area contributed by atoms with E-state index < -0.39 is 41.4 Å². The molecule has 0 spiro atoms. The van der Waals surface area contributed by atoms with Gasteiger partial charge in [-0.15, -0.1) is 0 Å². The number of hydrogen-bond donors (Lipinski definition) is 0. The summed E-state index contributed by atoms with van der Waals surface area (Å²) in [7, 11) is 0. The Morgan fingerprint density at radius 1 is 0.619 bits per heavy atom. The van der Waals surface area contributed by atoms with E-state index >= 15 is 0 Å². The van der Waals surface area contributed by atoms with Crippen LogP contribution < -0.4 is 0 Å². The van der Waals surface area contributed by atoms with E-state index in [0.717, 1.165) is 0 Å². The van der Waals surface area contributed by atoms with E-state index in [9.17, 15) is 57.1 Å². The van der Waals surface area contributed by atoms with Gasteiger partial charge in [-0.1, -0.05) is 4.90 Å². The van der Waals surface area contributed by atoms with Gasteiger partial charge in [-0.3, -0.25) is 0 Å². The van der Waals surface area contributed by atoms with Crippen LogP contribution in [-0.2, 0) is 4.74 Å². The van der Waals surface area contributed by atoms with E-state index in [-0.39, 0.29) is 0 Å². The zero-order valence-corrected chi connectivity index (χ0v) is 8.77. The fourth-order valence-corrected chi connectivity index (χ4v) is 1.43. The molecule has 0 aromatic heterocycles. The summed E-state index contributed by atoms with van der Waals surface area (Å²) in [4.78, 5) is -3.96. The third-order valence-electron chi connectivity index (χ3n) is 2.24. The van der Waals surface area contributed by atoms with Gasteiger partial charge in [-0.25, -0.2) is 9.13 Å². The first kappa shape index (κ1) is 18.1. The zero-order chi connectivity index (χ0) is 17.3. The van der Waals surface area contributed by atoms with Gasteiger partial charge in [0, 0.05) is 0 Å². The highest BCUT2D eigenvalue weighted by atomic mass is 19.4. The Bertz CT molecular complexity index is 409. The molecule has 1 aliphatic heterocycles. The van der Waals surface area contributed by atoms with E-state index in [0.29, 0.717) is 0 Å². The van der Waals surface area contributed by atoms with Crippen molar-refractivity contribution in [1.82, 2.24) is 4.90 Å². The maximum Gasteiger partial charge on any atom is 0.470 e. The van der Waals surface area contributed by atoms with Crippen molar-refractivity contribution >= 4 is 0 Å². The lowest BCUT2D eigenvalue weighted by Crippen LogP contribution is -2.71. The van der Waals surface area contributed by atoms with Crippen LogP contribution >= 0.6 is 0 Å². The Balaban J connectivity index is 3.68. The summed E-state index contributed by atoms with van der Waals surface area (Å²) in [6.45, 7) is 0. The van der Waals surface area contributed by atoms with Crippen molar-refractivity contribution < 1.29 is 61.8 Å². The number of alkyl halides is 13. The quantitative estimate of drug-likeness (QED) is 0.527. The van der Waals surface area contributed by atoms with Crippen LogP contribution in [0.5, 0.6) is 0 Å². The molecule has 0 amide bonds. The lowest BCUT2D eigenvalue weighted by molar-refractivity contribution is -0.471. The second-order valence-corrected chi connectivity index (χ2v) is 3.60. The lowest BCUT2D eigenvalue weighted by atomic mass is 10.1. The lowest BCUT2D eigenvalue weighted by Gasteiger charge is -2.39. The van der Waals surface area contributed by atoms with Crippen LogP contribution in [0.25, 0.3) is 0 Å². The molecule has 0 aliphatic carbocycles. The van der Waals surface area contributed by atoms with Gasteiger partial charge < -0.3 is 0 Å². The zero-order valence-electron chi connectivity index (χ0n) is 8.77. The predicted molar refractivity (Wildman–Crippen MR) is 33.7 cm³/mol. The molecule has 1 fully saturated rings. The first-order valence-electron chi connectivity index (χ1n) is 4.29. The monoisotopic (exact) mass is 349 g/mol. The van der Waals surface area contributed by atoms with Crippen LogP contribution in [0.1, 0.15) is 0 Å². The fourth-order valence-electron chi connectivity index (χ4n) is 1.43. The molecule has 1 heterocycles. The number of rotatable bonds is 1. The van der Waals surface area contributed by atoms with Crippen LogP contribution in [0.15, 0.2) is 0 Å². The van der Waals surface area contributed by atoms with Crippen molar-refractivity contribution in [3.8, 4) is 0 Å². The molecule has 1 atom stereocenters. The maximum atomic E-state index is 13.4. The van der Waals surface area contributed by atoms with Crippen LogP contribution in [-0.4, -0.2) is 41.4 Å². The standard InChI is InChI=1S/C6F13NO/c7-1(8)2(9,4(12,13)21-3(1,10)11)20(5(14,15)16)6(17,18)19. The normalized spacial score (nSPS) is 31.7. The summed E-state index contributed by atoms with van der Waals surface area (Å²) in [6, 6.07) is 0. The first-order chi connectivity index (χ1) is 8.82. The summed E-state index contributed by atoms with van der Waals surface area (Å²) < 4.78 is 163. The highest BCUT2D eigenvalue weighted by Crippen LogP contribution is 2.64. The van der Waals surface area contributed by atoms with Gasteiger partial charge in [-0.05, 0) is 0 Å². The van der Waals surface area contributed by atoms with E-state index in [4.69, 9.17) is 0 Å². The third-order valence-corrected chi connectivity index (χ3v) is 2.24. The van der Waals surface area contributed by atoms with Crippen LogP contribution in [0.2, 0.25) is 0 Å². The van der Waals surface area contributed by atoms with Crippen molar-refractivity contribution in [1.29, 1.82) is 0 Å². The minimum absolute atomic E-state index is 1.80. The SMILES string of the molecule is FC(F)(F)N(C(F)(F)F)C1(F)C(F)(F)OC(F)(F)C1(F)F. The van der Waals surface area contributed by atoms with Crippen molar-refractivity contribution in [2.24, 2.45) is 0 Å². The van der Waals surface area contributed by atoms with Gasteiger partial charge in [0.25, 0.3) is 0 Å². The minimum atomic E-state index is -7.25. The number of hydrogen-bond acceptors (Lipinski definition) is 2. The Hall–Kier alpha value is -0.990. The molecule has 1 aliphatic rings. The average molecular weight is 349 g/mol. The summed E-state index contributed by atoms with van der Waals surface area (Å²) >= 11 is 0. The molecule has 126 valence electrons. The van der Waals surface area contributed by atoms with E-state index in [2.05, 4.69) is 0 Å². The highest BCUT2D eigenvalue weighted by Gasteiger charge is 2.95. The predicted octanol–water partition coefficient (Wildman–Crippen LogP) is 3.84. The Morgan fingerprint density at radius 2 is 0.952 bits per heavy atom. The molecule has 15 heteroatoms. The minimum Gasteiger partial charge on any atom is -0.246 e. The Morgan fingerprint density at radius 3 is 1.14 bits per heavy atom. The van der Waals surface area contributed by atoms with Gasteiger partial charge in [0.1, 0.15) is 0 Å². The van der Waals surface area contributed by atoms with Crippen molar-refractivity contribution in [2.75, 3.05) is 0 Å². The van der Waals surface area contributed by atoms with Crippen molar-refractivity contribution in [3.63, 3.8) is 0 Å². The Kier molecular flexibility index (Phi) is 3.48. The van der Waals surface area contributed by atoms with Crippen molar-refractivity contribution in [2.45, 2.75) is 36.5 Å². The summed E-state index contributed by atoms with van der Waals surface area (Å²) in [5, 5.41) is 0. The molecular weight excluding hydrogens is 349 g/mol. The number of ether oxygens (including phenoxy) is 1. The summed E-state index contributed by atoms with van der Waals surface area (Å²) in [5.41, 5.74) is 0. The summed E-state index contributed by atoms with van der Waals surface area (Å²) in [6.07, 6.45) is -27.9. The maximum absolute atomic E-state index is 13.4. The second kappa shape index (κ2) is 4.05. The molecule has 21 heavy (non-hydrogen) atoms. The van der Waals surface area contributed by atoms with E-state index in [1.54, 1.807) is 4.74 Å². The molecule has 0 saturated carbocycles. The van der Waals surface area contributed by atoms with Crippen LogP contribution in [0.4, 0.5) is 57.1 Å². The second-order valence-electron chi connectivity index (χ2n) is 3.60. The molecule has 0 bridgehead atoms. The molecule has 0 radical (unpaired) electrons. The smallest absolute Gasteiger partial charge is 0.246 e. The van der Waals surface area contributed by atoms with Gasteiger partial charge in [0.05, 0.1) is 0 Å². The molecule has 0 aromatic rings. The largest absolute Gasteiger partial charge is 0.470 e. The topological polar surface area (TPSA) is 12.5 Å². The molecular formula is C6F13NO. The number of halogens is 13. The number of nitrogens with zero attached hydrogens (tertiary/aromatic N) is 1.